The lowest BCUT2D eigenvalue weighted by Gasteiger charge is -2.26. The van der Waals surface area contributed by atoms with Crippen LogP contribution in [-0.2, 0) is 39.5 Å². The van der Waals surface area contributed by atoms with Crippen molar-refractivity contribution < 1.29 is 26.7 Å². The number of aryl methyl sites for hydroxylation is 2. The molecular weight excluding hydrogens is 710 g/mol. The molecule has 1 saturated carbocycles. The van der Waals surface area contributed by atoms with Crippen LogP contribution in [0.25, 0.3) is 0 Å². The van der Waals surface area contributed by atoms with E-state index >= 15 is 0 Å². The van der Waals surface area contributed by atoms with Gasteiger partial charge in [-0.3, -0.25) is 8.61 Å². The second-order valence-electron chi connectivity index (χ2n) is 11.3. The summed E-state index contributed by atoms with van der Waals surface area (Å²) in [4.78, 5) is 16.9. The van der Waals surface area contributed by atoms with Crippen molar-refractivity contribution in [3.8, 4) is 0 Å². The second kappa shape index (κ2) is 15.6. The summed E-state index contributed by atoms with van der Waals surface area (Å²) >= 11 is 5.02. The summed E-state index contributed by atoms with van der Waals surface area (Å²) in [7, 11) is -6.94. The minimum absolute atomic E-state index is 0.0104. The lowest BCUT2D eigenvalue weighted by Crippen LogP contribution is -2.35. The number of carbonyl (C=O) groups is 1. The first-order chi connectivity index (χ1) is 22.1. The fraction of sp³-hybridized carbons (Fsp3) is 0.333. The first-order valence-corrected chi connectivity index (χ1v) is 19.5. The molecule has 9 nitrogen and oxygen atoms in total. The number of rotatable bonds is 16. The van der Waals surface area contributed by atoms with Gasteiger partial charge in [-0.2, -0.15) is 0 Å². The number of aromatic nitrogens is 1. The molecule has 1 aliphatic rings. The molecule has 46 heavy (non-hydrogen) atoms. The van der Waals surface area contributed by atoms with Crippen LogP contribution in [0.5, 0.6) is 0 Å². The van der Waals surface area contributed by atoms with Crippen LogP contribution in [0.4, 0.5) is 11.4 Å². The number of hydrogen-bond acceptors (Lipinski definition) is 7. The Bertz CT molecular complexity index is 1830. The van der Waals surface area contributed by atoms with E-state index in [4.69, 9.17) is 4.98 Å². The molecule has 0 unspecified atom stereocenters. The molecular formula is C33H36BrN3O6S3. The Labute approximate surface area is 284 Å². The Hall–Kier alpha value is -3.26. The number of halogens is 1. The molecule has 1 aromatic heterocycles. The van der Waals surface area contributed by atoms with Crippen molar-refractivity contribution in [1.29, 1.82) is 0 Å². The number of nitrogens with zero attached hydrogens (tertiary/aromatic N) is 3. The van der Waals surface area contributed by atoms with Gasteiger partial charge in [-0.25, -0.2) is 26.6 Å². The maximum atomic E-state index is 14.0. The molecule has 4 aromatic rings. The third-order valence-electron chi connectivity index (χ3n) is 8.10. The smallest absolute Gasteiger partial charge is 0.337 e. The number of thiazole rings is 1. The highest BCUT2D eigenvalue weighted by Gasteiger charge is 2.27. The molecule has 0 saturated heterocycles. The van der Waals surface area contributed by atoms with E-state index in [0.29, 0.717) is 30.0 Å². The largest absolute Gasteiger partial charge is 0.478 e. The minimum Gasteiger partial charge on any atom is -0.478 e. The number of carboxylic acid groups (broad SMARTS) is 1. The molecule has 13 heteroatoms. The monoisotopic (exact) mass is 745 g/mol. The van der Waals surface area contributed by atoms with Gasteiger partial charge in [0, 0.05) is 35.3 Å². The van der Waals surface area contributed by atoms with Gasteiger partial charge in [0.1, 0.15) is 0 Å². The lowest BCUT2D eigenvalue weighted by atomic mass is 9.83. The molecule has 1 fully saturated rings. The Morgan fingerprint density at radius 2 is 1.67 bits per heavy atom. The van der Waals surface area contributed by atoms with Gasteiger partial charge in [-0.05, 0) is 79.6 Å². The first-order valence-electron chi connectivity index (χ1n) is 15.1. The summed E-state index contributed by atoms with van der Waals surface area (Å²) < 4.78 is 55.1. The third kappa shape index (κ3) is 8.75. The Morgan fingerprint density at radius 3 is 2.37 bits per heavy atom. The van der Waals surface area contributed by atoms with Gasteiger partial charge in [-0.15, -0.1) is 11.3 Å². The molecule has 1 N–H and O–H groups in total. The third-order valence-corrected chi connectivity index (χ3v) is 12.1. The van der Waals surface area contributed by atoms with Gasteiger partial charge in [0.25, 0.3) is 0 Å². The average Bonchev–Trinajstić information content (AvgIpc) is 3.45. The normalized spacial score (nSPS) is 13.4. The van der Waals surface area contributed by atoms with Gasteiger partial charge >= 0.3 is 5.97 Å². The molecule has 5 rings (SSSR count). The zero-order valence-corrected chi connectivity index (χ0v) is 29.2. The molecule has 0 spiro atoms. The summed E-state index contributed by atoms with van der Waals surface area (Å²) in [6, 6.07) is 20.4. The van der Waals surface area contributed by atoms with Crippen molar-refractivity contribution >= 4 is 65.5 Å². The van der Waals surface area contributed by atoms with Crippen molar-refractivity contribution in [2.24, 2.45) is 0 Å². The fourth-order valence-electron chi connectivity index (χ4n) is 5.46. The number of anilines is 2. The molecule has 1 heterocycles. The Morgan fingerprint density at radius 1 is 0.957 bits per heavy atom. The molecule has 0 atom stereocenters. The number of aromatic carboxylic acids is 1. The van der Waals surface area contributed by atoms with Crippen LogP contribution in [-0.4, -0.2) is 46.0 Å². The van der Waals surface area contributed by atoms with Gasteiger partial charge in [0.2, 0.25) is 20.9 Å². The molecule has 244 valence electrons. The molecule has 1 aliphatic carbocycles. The van der Waals surface area contributed by atoms with Crippen molar-refractivity contribution in [1.82, 2.24) is 4.98 Å². The number of hydrogen-bond donors (Lipinski definition) is 2. The topological polar surface area (TPSA) is 125 Å². The van der Waals surface area contributed by atoms with Crippen LogP contribution in [0.2, 0.25) is 0 Å². The fourth-order valence-corrected chi connectivity index (χ4v) is 8.86. The minimum atomic E-state index is -4.02. The van der Waals surface area contributed by atoms with Gasteiger partial charge < -0.3 is 5.11 Å². The SMILES string of the molecule is O=C(O)c1ccccc1N(CCCCN(c1ccc(Br)cc1)[SH](=O)=O)S(=O)(=O)Cc1cccc(CCc2nc(C3CCC3)cs2)c1. The highest BCUT2D eigenvalue weighted by Crippen LogP contribution is 2.36. The van der Waals surface area contributed by atoms with Gasteiger partial charge in [-0.1, -0.05) is 58.7 Å². The van der Waals surface area contributed by atoms with E-state index < -0.39 is 26.9 Å². The molecule has 0 radical (unpaired) electrons. The summed E-state index contributed by atoms with van der Waals surface area (Å²) in [5, 5.41) is 13.1. The average molecular weight is 747 g/mol. The summed E-state index contributed by atoms with van der Waals surface area (Å²) in [5.41, 5.74) is 3.27. The van der Waals surface area contributed by atoms with Gasteiger partial charge in [0.05, 0.1) is 33.4 Å². The lowest BCUT2D eigenvalue weighted by molar-refractivity contribution is 0.0697. The molecule has 0 amide bonds. The number of sulfonamides is 1. The number of carboxylic acids is 1. The quantitative estimate of drug-likeness (QED) is 0.0955. The zero-order chi connectivity index (χ0) is 32.7. The number of thiol groups is 1. The highest BCUT2D eigenvalue weighted by molar-refractivity contribution is 9.10. The van der Waals surface area contributed by atoms with Crippen molar-refractivity contribution in [3.63, 3.8) is 0 Å². The van der Waals surface area contributed by atoms with E-state index in [2.05, 4.69) is 21.3 Å². The number of para-hydroxylation sites is 1. The summed E-state index contributed by atoms with van der Waals surface area (Å²) in [6.45, 7) is 0.140. The first kappa shape index (κ1) is 34.1. The molecule has 3 aromatic carbocycles. The van der Waals surface area contributed by atoms with E-state index in [0.717, 1.165) is 32.2 Å². The highest BCUT2D eigenvalue weighted by atomic mass is 79.9. The van der Waals surface area contributed by atoms with Crippen LogP contribution in [0.3, 0.4) is 0 Å². The second-order valence-corrected chi connectivity index (χ2v) is 16.0. The molecule has 0 aliphatic heterocycles. The summed E-state index contributed by atoms with van der Waals surface area (Å²) in [6.07, 6.45) is 5.85. The molecule has 0 bridgehead atoms. The van der Waals surface area contributed by atoms with Crippen LogP contribution >= 0.6 is 27.3 Å². The van der Waals surface area contributed by atoms with Crippen LogP contribution in [0.1, 0.15) is 70.2 Å². The van der Waals surface area contributed by atoms with Gasteiger partial charge in [0.15, 0.2) is 0 Å². The van der Waals surface area contributed by atoms with E-state index in [9.17, 15) is 26.7 Å². The van der Waals surface area contributed by atoms with Crippen molar-refractivity contribution in [3.05, 3.63) is 110 Å². The van der Waals surface area contributed by atoms with E-state index in [-0.39, 0.29) is 30.1 Å². The Kier molecular flexibility index (Phi) is 11.5. The summed E-state index contributed by atoms with van der Waals surface area (Å²) in [5.74, 6) is -0.950. The van der Waals surface area contributed by atoms with E-state index in [1.54, 1.807) is 53.8 Å². The number of benzene rings is 3. The van der Waals surface area contributed by atoms with Crippen LogP contribution < -0.4 is 8.61 Å². The Balaban J connectivity index is 1.29. The van der Waals surface area contributed by atoms with Crippen LogP contribution in [0, 0.1) is 0 Å². The maximum absolute atomic E-state index is 14.0. The maximum Gasteiger partial charge on any atom is 0.337 e. The van der Waals surface area contributed by atoms with Crippen molar-refractivity contribution in [2.45, 2.75) is 56.6 Å². The van der Waals surface area contributed by atoms with Crippen molar-refractivity contribution in [2.75, 3.05) is 21.7 Å². The number of unbranched alkanes of at least 4 members (excludes halogenated alkanes) is 1. The van der Waals surface area contributed by atoms with E-state index in [1.807, 2.05) is 18.2 Å². The standard InChI is InChI=1S/C33H36BrN3O6S3/c34-27-14-16-28(17-15-27)36(45(40)41)19-3-4-20-37(31-12-2-1-11-29(31)33(38)39)46(42,43)23-25-8-5-7-24(21-25)13-18-32-35-30(22-44-32)26-9-6-10-26/h1-2,5,7-8,11-12,14-17,21-22,26,45H,3-4,6,9-10,13,18-20,23H2,(H,38,39). The van der Waals surface area contributed by atoms with Crippen LogP contribution in [0.15, 0.2) is 82.6 Å². The van der Waals surface area contributed by atoms with E-state index in [1.165, 1.54) is 41.4 Å². The predicted molar refractivity (Wildman–Crippen MR) is 187 cm³/mol. The predicted octanol–water partition coefficient (Wildman–Crippen LogP) is 6.81. The zero-order valence-electron chi connectivity index (χ0n) is 25.1.